The smallest absolute Gasteiger partial charge is 0.217 e. The minimum absolute atomic E-state index is 0.252. The Morgan fingerprint density at radius 2 is 1.88 bits per heavy atom. The van der Waals surface area contributed by atoms with E-state index in [2.05, 4.69) is 9.88 Å². The molecule has 1 aromatic heterocycles. The number of para-hydroxylation sites is 1. The molecule has 1 unspecified atom stereocenters. The van der Waals surface area contributed by atoms with Crippen LogP contribution in [-0.2, 0) is 22.2 Å². The Hall–Kier alpha value is -2.25. The zero-order valence-electron chi connectivity index (χ0n) is 13.1. The molecule has 3 aromatic rings. The number of hydrogen-bond donors (Lipinski definition) is 1. The summed E-state index contributed by atoms with van der Waals surface area (Å²) in [4.78, 5) is 0. The summed E-state index contributed by atoms with van der Waals surface area (Å²) in [5.74, 6) is -0.567. The van der Waals surface area contributed by atoms with Crippen LogP contribution in [0.5, 0.6) is 0 Å². The summed E-state index contributed by atoms with van der Waals surface area (Å²) < 4.78 is 45.3. The summed E-state index contributed by atoms with van der Waals surface area (Å²) in [6, 6.07) is 12.8. The van der Waals surface area contributed by atoms with E-state index in [0.717, 1.165) is 5.56 Å². The summed E-state index contributed by atoms with van der Waals surface area (Å²) in [7, 11) is -3.57. The minimum atomic E-state index is -3.57. The number of fused-ring (bicyclic) bond motifs is 1. The molecule has 0 fully saturated rings. The normalized spacial score (nSPS) is 13.2. The van der Waals surface area contributed by atoms with Crippen molar-refractivity contribution < 1.29 is 17.3 Å². The summed E-state index contributed by atoms with van der Waals surface area (Å²) in [5.41, 5.74) is 1.80. The monoisotopic (exact) mass is 348 g/mol. The van der Waals surface area contributed by atoms with E-state index in [1.165, 1.54) is 12.1 Å². The van der Waals surface area contributed by atoms with Gasteiger partial charge in [0.15, 0.2) is 5.58 Å². The Labute approximate surface area is 139 Å². The predicted octanol–water partition coefficient (Wildman–Crippen LogP) is 3.02. The van der Waals surface area contributed by atoms with Gasteiger partial charge in [-0.1, -0.05) is 29.4 Å². The average molecular weight is 348 g/mol. The first-order valence-electron chi connectivity index (χ1n) is 7.51. The van der Waals surface area contributed by atoms with Gasteiger partial charge in [0, 0.05) is 11.4 Å². The number of sulfonamides is 1. The molecule has 3 rings (SSSR count). The molecule has 24 heavy (non-hydrogen) atoms. The largest absolute Gasteiger partial charge is 0.356 e. The van der Waals surface area contributed by atoms with Crippen LogP contribution in [0.1, 0.15) is 18.2 Å². The van der Waals surface area contributed by atoms with E-state index in [1.54, 1.807) is 43.3 Å². The van der Waals surface area contributed by atoms with Crippen molar-refractivity contribution in [3.8, 4) is 0 Å². The van der Waals surface area contributed by atoms with E-state index in [-0.39, 0.29) is 17.6 Å². The molecule has 0 saturated heterocycles. The molecule has 2 aromatic carbocycles. The third-order valence-electron chi connectivity index (χ3n) is 3.61. The number of aromatic nitrogens is 1. The minimum Gasteiger partial charge on any atom is -0.356 e. The van der Waals surface area contributed by atoms with E-state index < -0.39 is 10.0 Å². The first-order valence-corrected chi connectivity index (χ1v) is 9.16. The Morgan fingerprint density at radius 1 is 1.17 bits per heavy atom. The van der Waals surface area contributed by atoms with Crippen LogP contribution in [0.15, 0.2) is 53.1 Å². The Morgan fingerprint density at radius 3 is 2.62 bits per heavy atom. The molecule has 0 aliphatic carbocycles. The van der Waals surface area contributed by atoms with Crippen molar-refractivity contribution in [2.45, 2.75) is 25.1 Å². The molecule has 0 aliphatic rings. The lowest BCUT2D eigenvalue weighted by Gasteiger charge is -2.13. The lowest BCUT2D eigenvalue weighted by Crippen LogP contribution is -2.35. The molecule has 0 spiro atoms. The van der Waals surface area contributed by atoms with Crippen LogP contribution in [-0.4, -0.2) is 19.6 Å². The van der Waals surface area contributed by atoms with Crippen LogP contribution in [0.3, 0.4) is 0 Å². The van der Waals surface area contributed by atoms with Gasteiger partial charge < -0.3 is 4.52 Å². The summed E-state index contributed by atoms with van der Waals surface area (Å²) >= 11 is 0. The molecular formula is C17H17FN2O3S. The Kier molecular flexibility index (Phi) is 4.64. The van der Waals surface area contributed by atoms with Crippen molar-refractivity contribution in [1.29, 1.82) is 0 Å². The zero-order chi connectivity index (χ0) is 17.2. The van der Waals surface area contributed by atoms with E-state index in [0.29, 0.717) is 23.1 Å². The van der Waals surface area contributed by atoms with Gasteiger partial charge >= 0.3 is 0 Å². The summed E-state index contributed by atoms with van der Waals surface area (Å²) in [6.45, 7) is 1.77. The second-order valence-electron chi connectivity index (χ2n) is 5.73. The van der Waals surface area contributed by atoms with Crippen molar-refractivity contribution in [2.75, 3.05) is 0 Å². The fourth-order valence-corrected chi connectivity index (χ4v) is 3.93. The van der Waals surface area contributed by atoms with Gasteiger partial charge in [0.25, 0.3) is 0 Å². The third-order valence-corrected chi connectivity index (χ3v) is 5.03. The van der Waals surface area contributed by atoms with Crippen molar-refractivity contribution >= 4 is 21.0 Å². The predicted molar refractivity (Wildman–Crippen MR) is 89.3 cm³/mol. The number of nitrogens with one attached hydrogen (secondary N) is 1. The van der Waals surface area contributed by atoms with E-state index in [4.69, 9.17) is 4.52 Å². The van der Waals surface area contributed by atoms with Gasteiger partial charge in [-0.25, -0.2) is 17.5 Å². The van der Waals surface area contributed by atoms with Gasteiger partial charge in [0.2, 0.25) is 10.0 Å². The maximum Gasteiger partial charge on any atom is 0.217 e. The second kappa shape index (κ2) is 6.70. The molecule has 1 N–H and O–H groups in total. The van der Waals surface area contributed by atoms with Crippen LogP contribution in [0.4, 0.5) is 4.39 Å². The Bertz CT molecular complexity index is 936. The molecule has 126 valence electrons. The molecule has 1 heterocycles. The van der Waals surface area contributed by atoms with E-state index in [1.807, 2.05) is 0 Å². The SMILES string of the molecule is CC(Cc1ccc(F)cc1)NS(=O)(=O)Cc1noc2ccccc12. The maximum atomic E-state index is 12.9. The van der Waals surface area contributed by atoms with Gasteiger partial charge in [-0.2, -0.15) is 0 Å². The van der Waals surface area contributed by atoms with Crippen molar-refractivity contribution in [3.63, 3.8) is 0 Å². The van der Waals surface area contributed by atoms with Crippen molar-refractivity contribution in [1.82, 2.24) is 9.88 Å². The van der Waals surface area contributed by atoms with Crippen molar-refractivity contribution in [2.24, 2.45) is 0 Å². The van der Waals surface area contributed by atoms with Crippen molar-refractivity contribution in [3.05, 3.63) is 65.6 Å². The van der Waals surface area contributed by atoms with Gasteiger partial charge in [0.05, 0.1) is 0 Å². The molecule has 5 nitrogen and oxygen atoms in total. The number of nitrogens with zero attached hydrogens (tertiary/aromatic N) is 1. The highest BCUT2D eigenvalue weighted by Gasteiger charge is 2.19. The average Bonchev–Trinajstić information content (AvgIpc) is 2.91. The molecular weight excluding hydrogens is 331 g/mol. The van der Waals surface area contributed by atoms with Crippen LogP contribution < -0.4 is 4.72 Å². The van der Waals surface area contributed by atoms with Gasteiger partial charge in [-0.3, -0.25) is 0 Å². The number of rotatable bonds is 6. The second-order valence-corrected chi connectivity index (χ2v) is 7.49. The summed E-state index contributed by atoms with van der Waals surface area (Å²) in [6.07, 6.45) is 0.471. The molecule has 0 radical (unpaired) electrons. The fourth-order valence-electron chi connectivity index (χ4n) is 2.59. The van der Waals surface area contributed by atoms with Crippen LogP contribution in [0.2, 0.25) is 0 Å². The number of benzene rings is 2. The first-order chi connectivity index (χ1) is 11.4. The highest BCUT2D eigenvalue weighted by atomic mass is 32.2. The number of halogens is 1. The number of hydrogen-bond acceptors (Lipinski definition) is 4. The van der Waals surface area contributed by atoms with Crippen LogP contribution >= 0.6 is 0 Å². The van der Waals surface area contributed by atoms with Crippen LogP contribution in [0.25, 0.3) is 11.0 Å². The van der Waals surface area contributed by atoms with Gasteiger partial charge in [0.1, 0.15) is 17.3 Å². The maximum absolute atomic E-state index is 12.9. The zero-order valence-corrected chi connectivity index (χ0v) is 13.9. The standard InChI is InChI=1S/C17H17FN2O3S/c1-12(10-13-6-8-14(18)9-7-13)20-24(21,22)11-16-15-4-2-3-5-17(15)23-19-16/h2-9,12,20H,10-11H2,1H3. The molecule has 1 atom stereocenters. The molecule has 0 bridgehead atoms. The van der Waals surface area contributed by atoms with E-state index in [9.17, 15) is 12.8 Å². The van der Waals surface area contributed by atoms with Gasteiger partial charge in [-0.15, -0.1) is 0 Å². The quantitative estimate of drug-likeness (QED) is 0.743. The highest BCUT2D eigenvalue weighted by molar-refractivity contribution is 7.88. The highest BCUT2D eigenvalue weighted by Crippen LogP contribution is 2.19. The van der Waals surface area contributed by atoms with Gasteiger partial charge in [-0.05, 0) is 43.2 Å². The lowest BCUT2D eigenvalue weighted by atomic mass is 10.1. The van der Waals surface area contributed by atoms with E-state index >= 15 is 0 Å². The first kappa shape index (κ1) is 16.6. The topological polar surface area (TPSA) is 72.2 Å². The summed E-state index contributed by atoms with van der Waals surface area (Å²) in [5, 5.41) is 4.53. The fraction of sp³-hybridized carbons (Fsp3) is 0.235. The molecule has 0 aliphatic heterocycles. The molecule has 7 heteroatoms. The molecule has 0 saturated carbocycles. The third kappa shape index (κ3) is 3.98. The Balaban J connectivity index is 1.68. The molecule has 0 amide bonds. The van der Waals surface area contributed by atoms with Crippen LogP contribution in [0, 0.1) is 5.82 Å². The lowest BCUT2D eigenvalue weighted by molar-refractivity contribution is 0.448.